The molecule has 5 aliphatic rings. The van der Waals surface area contributed by atoms with Gasteiger partial charge in [-0.25, -0.2) is 18.4 Å². The summed E-state index contributed by atoms with van der Waals surface area (Å²) in [4.78, 5) is 80.1. The molecule has 59 heavy (non-hydrogen) atoms. The number of hydrogen-bond acceptors (Lipinski definition) is 14. The first-order valence-corrected chi connectivity index (χ1v) is 22.3. The third kappa shape index (κ3) is 8.79. The Kier molecular flexibility index (Phi) is 11.4. The summed E-state index contributed by atoms with van der Waals surface area (Å²) in [7, 11) is -3.35. The SMILES string of the molecule is CS(=O)(=O)c1ccc(Nc2nc(N3CCC[C@@H](NC4CCN(CC5CCN(c6ccc7c(c6)C(=O)N(C6CCC(=O)NC6=O)C7=O)CC5)CC4)C3)cnc2C(N)=O)cc1. The highest BCUT2D eigenvalue weighted by molar-refractivity contribution is 7.90. The van der Waals surface area contributed by atoms with Crippen LogP contribution in [0.2, 0.25) is 0 Å². The molecule has 1 aromatic heterocycles. The van der Waals surface area contributed by atoms with E-state index in [1.54, 1.807) is 30.5 Å². The molecule has 2 atom stereocenters. The topological polar surface area (TPSA) is 220 Å². The fourth-order valence-corrected chi connectivity index (χ4v) is 9.68. The fraction of sp³-hybridized carbons (Fsp3) is 0.488. The Hall–Kier alpha value is -5.46. The number of nitrogens with two attached hydrogens (primary N) is 1. The summed E-state index contributed by atoms with van der Waals surface area (Å²) in [5, 5.41) is 9.25. The highest BCUT2D eigenvalue weighted by Crippen LogP contribution is 2.33. The summed E-state index contributed by atoms with van der Waals surface area (Å²) in [6.45, 7) is 6.36. The molecule has 4 fully saturated rings. The van der Waals surface area contributed by atoms with Crippen LogP contribution in [0.15, 0.2) is 53.6 Å². The van der Waals surface area contributed by atoms with Gasteiger partial charge >= 0.3 is 0 Å². The predicted molar refractivity (Wildman–Crippen MR) is 219 cm³/mol. The average molecular weight is 827 g/mol. The highest BCUT2D eigenvalue weighted by atomic mass is 32.2. The van der Waals surface area contributed by atoms with Crippen LogP contribution in [0.5, 0.6) is 0 Å². The van der Waals surface area contributed by atoms with Crippen molar-refractivity contribution in [1.29, 1.82) is 0 Å². The minimum Gasteiger partial charge on any atom is -0.371 e. The van der Waals surface area contributed by atoms with Crippen molar-refractivity contribution in [3.8, 4) is 0 Å². The zero-order valence-corrected chi connectivity index (χ0v) is 33.9. The van der Waals surface area contributed by atoms with Crippen LogP contribution in [0.1, 0.15) is 82.6 Å². The van der Waals surface area contributed by atoms with Gasteiger partial charge in [-0.2, -0.15) is 0 Å². The van der Waals surface area contributed by atoms with Crippen molar-refractivity contribution >= 4 is 62.4 Å². The second-order valence-corrected chi connectivity index (χ2v) is 18.4. The molecule has 3 aromatic rings. The van der Waals surface area contributed by atoms with Gasteiger partial charge in [0.25, 0.3) is 17.7 Å². The van der Waals surface area contributed by atoms with Crippen molar-refractivity contribution in [2.24, 2.45) is 11.7 Å². The second kappa shape index (κ2) is 16.7. The first-order valence-electron chi connectivity index (χ1n) is 20.4. The Morgan fingerprint density at radius 3 is 2.29 bits per heavy atom. The van der Waals surface area contributed by atoms with Crippen LogP contribution < -0.4 is 31.5 Å². The number of primary amides is 1. The lowest BCUT2D eigenvalue weighted by Crippen LogP contribution is -2.54. The highest BCUT2D eigenvalue weighted by Gasteiger charge is 2.45. The van der Waals surface area contributed by atoms with E-state index < -0.39 is 45.4 Å². The summed E-state index contributed by atoms with van der Waals surface area (Å²) < 4.78 is 23.8. The van der Waals surface area contributed by atoms with Gasteiger partial charge in [0.15, 0.2) is 21.3 Å². The quantitative estimate of drug-likeness (QED) is 0.204. The predicted octanol–water partition coefficient (Wildman–Crippen LogP) is 2.06. The minimum absolute atomic E-state index is 0.00189. The molecule has 5 amide bonds. The minimum atomic E-state index is -3.35. The van der Waals surface area contributed by atoms with Gasteiger partial charge in [-0.05, 0) is 106 Å². The average Bonchev–Trinajstić information content (AvgIpc) is 3.46. The van der Waals surface area contributed by atoms with Gasteiger partial charge in [0.1, 0.15) is 11.9 Å². The number of imide groups is 2. The standard InChI is InChI=1S/C41H50N10O7S/c1-59(57,58)30-7-4-26(5-8-30)45-38-36(37(42)53)43-22-34(46-38)50-16-2-3-28(24-50)44-27-14-17-48(18-15-27)23-25-12-19-49(20-13-25)29-6-9-31-32(21-29)41(56)51(40(31)55)33-10-11-35(52)47-39(33)54/h4-9,21-22,25,27-28,33,44H,2-3,10-20,23-24H2,1H3,(H2,42,53)(H,45,46)(H,47,52,54)/t28-,33?/m1/s1. The molecule has 5 N–H and O–H groups in total. The number of anilines is 4. The first kappa shape index (κ1) is 40.3. The summed E-state index contributed by atoms with van der Waals surface area (Å²) in [6, 6.07) is 11.3. The number of likely N-dealkylation sites (tertiary alicyclic amines) is 1. The molecule has 2 aromatic carbocycles. The molecule has 0 radical (unpaired) electrons. The van der Waals surface area contributed by atoms with Crippen LogP contribution in [0.4, 0.5) is 23.0 Å². The molecule has 4 saturated heterocycles. The van der Waals surface area contributed by atoms with Gasteiger partial charge in [-0.1, -0.05) is 0 Å². The number of rotatable bonds is 11. The number of benzene rings is 2. The largest absolute Gasteiger partial charge is 0.371 e. The van der Waals surface area contributed by atoms with E-state index in [-0.39, 0.29) is 35.3 Å². The number of piperidine rings is 4. The van der Waals surface area contributed by atoms with Crippen molar-refractivity contribution in [3.05, 3.63) is 65.5 Å². The molecular weight excluding hydrogens is 777 g/mol. The molecule has 1 unspecified atom stereocenters. The van der Waals surface area contributed by atoms with E-state index in [0.29, 0.717) is 34.6 Å². The fourth-order valence-electron chi connectivity index (χ4n) is 9.05. The van der Waals surface area contributed by atoms with Gasteiger partial charge in [-0.3, -0.25) is 34.2 Å². The number of nitrogens with one attached hydrogen (secondary N) is 3. The van der Waals surface area contributed by atoms with Crippen molar-refractivity contribution in [2.45, 2.75) is 74.4 Å². The Bertz CT molecular complexity index is 2260. The molecule has 0 saturated carbocycles. The zero-order valence-electron chi connectivity index (χ0n) is 33.1. The Labute approximate surface area is 343 Å². The zero-order chi connectivity index (χ0) is 41.4. The lowest BCUT2D eigenvalue weighted by atomic mass is 9.93. The van der Waals surface area contributed by atoms with Gasteiger partial charge in [-0.15, -0.1) is 0 Å². The Balaban J connectivity index is 0.798. The van der Waals surface area contributed by atoms with E-state index in [9.17, 15) is 32.4 Å². The second-order valence-electron chi connectivity index (χ2n) is 16.3. The van der Waals surface area contributed by atoms with Crippen LogP contribution in [-0.2, 0) is 19.4 Å². The number of carbonyl (C=O) groups is 5. The monoisotopic (exact) mass is 826 g/mol. The molecule has 312 valence electrons. The summed E-state index contributed by atoms with van der Waals surface area (Å²) in [6.07, 6.45) is 9.15. The van der Waals surface area contributed by atoms with Crippen LogP contribution in [-0.4, -0.2) is 128 Å². The summed E-state index contributed by atoms with van der Waals surface area (Å²) in [5.74, 6) is -1.28. The van der Waals surface area contributed by atoms with Crippen LogP contribution in [0.25, 0.3) is 0 Å². The molecule has 6 heterocycles. The van der Waals surface area contributed by atoms with Gasteiger partial charge in [0.05, 0.1) is 22.2 Å². The van der Waals surface area contributed by atoms with E-state index in [0.717, 1.165) is 101 Å². The third-order valence-corrected chi connectivity index (χ3v) is 13.4. The maximum Gasteiger partial charge on any atom is 0.271 e. The molecule has 0 spiro atoms. The molecule has 5 aliphatic heterocycles. The summed E-state index contributed by atoms with van der Waals surface area (Å²) in [5.41, 5.74) is 7.67. The van der Waals surface area contributed by atoms with Crippen molar-refractivity contribution in [2.75, 3.05) is 67.2 Å². The van der Waals surface area contributed by atoms with Crippen LogP contribution in [0.3, 0.4) is 0 Å². The van der Waals surface area contributed by atoms with Gasteiger partial charge < -0.3 is 31.1 Å². The lowest BCUT2D eigenvalue weighted by Gasteiger charge is -2.40. The van der Waals surface area contributed by atoms with E-state index in [1.165, 1.54) is 12.1 Å². The van der Waals surface area contributed by atoms with E-state index in [2.05, 4.69) is 35.6 Å². The Morgan fingerprint density at radius 2 is 1.59 bits per heavy atom. The normalized spacial score (nSPS) is 22.4. The van der Waals surface area contributed by atoms with Crippen LogP contribution in [0, 0.1) is 5.92 Å². The molecule has 18 heteroatoms. The van der Waals surface area contributed by atoms with Crippen molar-refractivity contribution in [1.82, 2.24) is 30.4 Å². The smallest absolute Gasteiger partial charge is 0.271 e. The number of amides is 5. The molecule has 8 rings (SSSR count). The Morgan fingerprint density at radius 1 is 0.864 bits per heavy atom. The number of carbonyl (C=O) groups excluding carboxylic acids is 5. The third-order valence-electron chi connectivity index (χ3n) is 12.3. The summed E-state index contributed by atoms with van der Waals surface area (Å²) >= 11 is 0. The molecular formula is C41H50N10O7S. The maximum absolute atomic E-state index is 13.3. The van der Waals surface area contributed by atoms with Gasteiger partial charge in [0.2, 0.25) is 11.8 Å². The number of aromatic nitrogens is 2. The number of fused-ring (bicyclic) bond motifs is 1. The van der Waals surface area contributed by atoms with E-state index >= 15 is 0 Å². The van der Waals surface area contributed by atoms with E-state index in [1.807, 2.05) is 6.07 Å². The first-order chi connectivity index (χ1) is 28.3. The number of sulfone groups is 1. The lowest BCUT2D eigenvalue weighted by molar-refractivity contribution is -0.136. The number of hydrogen-bond donors (Lipinski definition) is 4. The number of nitrogens with zero attached hydrogens (tertiary/aromatic N) is 6. The van der Waals surface area contributed by atoms with E-state index in [4.69, 9.17) is 10.7 Å². The molecule has 0 aliphatic carbocycles. The maximum atomic E-state index is 13.3. The van der Waals surface area contributed by atoms with Crippen LogP contribution >= 0.6 is 0 Å². The van der Waals surface area contributed by atoms with Crippen molar-refractivity contribution in [3.63, 3.8) is 0 Å². The van der Waals surface area contributed by atoms with Crippen molar-refractivity contribution < 1.29 is 32.4 Å². The molecule has 17 nitrogen and oxygen atoms in total. The molecule has 0 bridgehead atoms. The van der Waals surface area contributed by atoms with Gasteiger partial charge in [0, 0.05) is 68.9 Å².